The molecular formula is C11H19N3O2S2. The molecule has 0 aromatic carbocycles. The Morgan fingerprint density at radius 2 is 2.44 bits per heavy atom. The van der Waals surface area contributed by atoms with Crippen LogP contribution in [0.5, 0.6) is 0 Å². The topological polar surface area (TPSA) is 71.1 Å². The summed E-state index contributed by atoms with van der Waals surface area (Å²) in [5.41, 5.74) is 0.929. The van der Waals surface area contributed by atoms with Crippen molar-refractivity contribution < 1.29 is 8.42 Å². The normalized spacial score (nSPS) is 22.2. The van der Waals surface area contributed by atoms with Gasteiger partial charge in [-0.25, -0.2) is 18.1 Å². The zero-order chi connectivity index (χ0) is 13.2. The fraction of sp³-hybridized carbons (Fsp3) is 0.727. The van der Waals surface area contributed by atoms with Crippen molar-refractivity contribution in [1.82, 2.24) is 15.0 Å². The number of sulfonamides is 1. The van der Waals surface area contributed by atoms with E-state index in [1.807, 2.05) is 19.2 Å². The Labute approximate surface area is 112 Å². The van der Waals surface area contributed by atoms with Crippen molar-refractivity contribution >= 4 is 21.4 Å². The van der Waals surface area contributed by atoms with E-state index in [2.05, 4.69) is 15.0 Å². The van der Waals surface area contributed by atoms with E-state index >= 15 is 0 Å². The van der Waals surface area contributed by atoms with Gasteiger partial charge < -0.3 is 5.32 Å². The SMILES string of the molecule is Cc1csc(C(C)NS(=O)(=O)CC2CCCN2)n1. The fourth-order valence-corrected chi connectivity index (χ4v) is 4.54. The average Bonchev–Trinajstić information content (AvgIpc) is 2.87. The Morgan fingerprint density at radius 1 is 1.67 bits per heavy atom. The lowest BCUT2D eigenvalue weighted by Gasteiger charge is -2.15. The van der Waals surface area contributed by atoms with Crippen molar-refractivity contribution in [2.24, 2.45) is 0 Å². The highest BCUT2D eigenvalue weighted by molar-refractivity contribution is 7.89. The monoisotopic (exact) mass is 289 g/mol. The molecule has 5 nitrogen and oxygen atoms in total. The molecule has 0 bridgehead atoms. The molecule has 0 radical (unpaired) electrons. The summed E-state index contributed by atoms with van der Waals surface area (Å²) in [6.07, 6.45) is 1.99. The molecule has 2 unspecified atom stereocenters. The predicted octanol–water partition coefficient (Wildman–Crippen LogP) is 1.18. The van der Waals surface area contributed by atoms with Gasteiger partial charge >= 0.3 is 0 Å². The molecule has 7 heteroatoms. The molecule has 1 aliphatic rings. The van der Waals surface area contributed by atoms with Gasteiger partial charge in [-0.1, -0.05) is 0 Å². The molecule has 0 spiro atoms. The van der Waals surface area contributed by atoms with E-state index in [-0.39, 0.29) is 17.8 Å². The van der Waals surface area contributed by atoms with Crippen molar-refractivity contribution in [2.75, 3.05) is 12.3 Å². The van der Waals surface area contributed by atoms with Gasteiger partial charge in [-0.15, -0.1) is 11.3 Å². The Morgan fingerprint density at radius 3 is 3.00 bits per heavy atom. The molecule has 0 saturated carbocycles. The first-order chi connectivity index (χ1) is 8.46. The molecule has 2 heterocycles. The van der Waals surface area contributed by atoms with Crippen LogP contribution >= 0.6 is 11.3 Å². The highest BCUT2D eigenvalue weighted by Crippen LogP contribution is 2.18. The van der Waals surface area contributed by atoms with Crippen LogP contribution in [-0.4, -0.2) is 31.7 Å². The third-order valence-corrected chi connectivity index (χ3v) is 5.65. The second kappa shape index (κ2) is 5.64. The minimum absolute atomic E-state index is 0.0905. The summed E-state index contributed by atoms with van der Waals surface area (Å²) in [5, 5.41) is 5.94. The quantitative estimate of drug-likeness (QED) is 0.854. The minimum atomic E-state index is -3.25. The second-order valence-corrected chi connectivity index (χ2v) is 7.43. The van der Waals surface area contributed by atoms with Gasteiger partial charge in [0.2, 0.25) is 10.0 Å². The summed E-state index contributed by atoms with van der Waals surface area (Å²) in [7, 11) is -3.25. The van der Waals surface area contributed by atoms with E-state index in [9.17, 15) is 8.42 Å². The maximum Gasteiger partial charge on any atom is 0.213 e. The standard InChI is InChI=1S/C11H19N3O2S2/c1-8-6-17-11(13-8)9(2)14-18(15,16)7-10-4-3-5-12-10/h6,9-10,12,14H,3-5,7H2,1-2H3. The molecule has 2 N–H and O–H groups in total. The first-order valence-electron chi connectivity index (χ1n) is 6.12. The molecule has 0 amide bonds. The van der Waals surface area contributed by atoms with Gasteiger partial charge in [0.1, 0.15) is 5.01 Å². The maximum absolute atomic E-state index is 12.0. The summed E-state index contributed by atoms with van der Waals surface area (Å²) < 4.78 is 26.7. The van der Waals surface area contributed by atoms with Crippen molar-refractivity contribution in [3.63, 3.8) is 0 Å². The number of thiazole rings is 1. The van der Waals surface area contributed by atoms with Crippen LogP contribution in [0.3, 0.4) is 0 Å². The van der Waals surface area contributed by atoms with Crippen molar-refractivity contribution in [2.45, 2.75) is 38.8 Å². The lowest BCUT2D eigenvalue weighted by atomic mass is 10.3. The molecular weight excluding hydrogens is 270 g/mol. The summed E-state index contributed by atoms with van der Waals surface area (Å²) in [5.74, 6) is 0.154. The van der Waals surface area contributed by atoms with Gasteiger partial charge in [0.25, 0.3) is 0 Å². The van der Waals surface area contributed by atoms with Gasteiger partial charge in [0.05, 0.1) is 11.8 Å². The average molecular weight is 289 g/mol. The van der Waals surface area contributed by atoms with Gasteiger partial charge in [-0.3, -0.25) is 0 Å². The molecule has 1 saturated heterocycles. The van der Waals surface area contributed by atoms with Crippen LogP contribution in [0.2, 0.25) is 0 Å². The highest BCUT2D eigenvalue weighted by atomic mass is 32.2. The van der Waals surface area contributed by atoms with Crippen molar-refractivity contribution in [1.29, 1.82) is 0 Å². The Hall–Kier alpha value is -0.500. The molecule has 1 aliphatic heterocycles. The first kappa shape index (κ1) is 13.9. The molecule has 102 valence electrons. The third kappa shape index (κ3) is 3.74. The number of aryl methyl sites for hydroxylation is 1. The number of nitrogens with one attached hydrogen (secondary N) is 2. The Bertz CT molecular complexity index is 492. The molecule has 0 aliphatic carbocycles. The Balaban J connectivity index is 1.94. The largest absolute Gasteiger partial charge is 0.313 e. The van der Waals surface area contributed by atoms with E-state index in [0.717, 1.165) is 30.1 Å². The maximum atomic E-state index is 12.0. The van der Waals surface area contributed by atoms with E-state index in [1.54, 1.807) is 0 Å². The number of nitrogens with zero attached hydrogens (tertiary/aromatic N) is 1. The smallest absolute Gasteiger partial charge is 0.213 e. The third-order valence-electron chi connectivity index (χ3n) is 2.95. The first-order valence-corrected chi connectivity index (χ1v) is 8.65. The molecule has 1 aromatic heterocycles. The van der Waals surface area contributed by atoms with Crippen molar-refractivity contribution in [3.8, 4) is 0 Å². The molecule has 1 fully saturated rings. The summed E-state index contributed by atoms with van der Waals surface area (Å²) >= 11 is 1.49. The van der Waals surface area contributed by atoms with E-state index in [4.69, 9.17) is 0 Å². The number of hydrogen-bond acceptors (Lipinski definition) is 5. The van der Waals surface area contributed by atoms with E-state index in [0.29, 0.717) is 0 Å². The van der Waals surface area contributed by atoms with Crippen LogP contribution in [0.4, 0.5) is 0 Å². The summed E-state index contributed by atoms with van der Waals surface area (Å²) in [6.45, 7) is 4.66. The van der Waals surface area contributed by atoms with E-state index < -0.39 is 10.0 Å². The van der Waals surface area contributed by atoms with Gasteiger partial charge in [0, 0.05) is 17.1 Å². The zero-order valence-corrected chi connectivity index (χ0v) is 12.3. The van der Waals surface area contributed by atoms with Crippen LogP contribution in [-0.2, 0) is 10.0 Å². The van der Waals surface area contributed by atoms with Crippen LogP contribution in [0, 0.1) is 6.92 Å². The number of aromatic nitrogens is 1. The van der Waals surface area contributed by atoms with Gasteiger partial charge in [-0.2, -0.15) is 0 Å². The highest BCUT2D eigenvalue weighted by Gasteiger charge is 2.24. The number of hydrogen-bond donors (Lipinski definition) is 2. The second-order valence-electron chi connectivity index (χ2n) is 4.74. The van der Waals surface area contributed by atoms with Gasteiger partial charge in [0.15, 0.2) is 0 Å². The van der Waals surface area contributed by atoms with Crippen LogP contribution in [0.1, 0.15) is 36.5 Å². The molecule has 2 atom stereocenters. The van der Waals surface area contributed by atoms with E-state index in [1.165, 1.54) is 11.3 Å². The minimum Gasteiger partial charge on any atom is -0.313 e. The Kier molecular flexibility index (Phi) is 4.37. The molecule has 18 heavy (non-hydrogen) atoms. The van der Waals surface area contributed by atoms with Crippen LogP contribution in [0.25, 0.3) is 0 Å². The van der Waals surface area contributed by atoms with Gasteiger partial charge in [-0.05, 0) is 33.2 Å². The summed E-state index contributed by atoms with van der Waals surface area (Å²) in [4.78, 5) is 4.30. The molecule has 1 aromatic rings. The summed E-state index contributed by atoms with van der Waals surface area (Å²) in [6, 6.07) is -0.164. The molecule has 2 rings (SSSR count). The number of rotatable bonds is 5. The zero-order valence-electron chi connectivity index (χ0n) is 10.6. The predicted molar refractivity (Wildman–Crippen MR) is 73.2 cm³/mol. The fourth-order valence-electron chi connectivity index (χ4n) is 2.10. The van der Waals surface area contributed by atoms with Crippen LogP contribution in [0.15, 0.2) is 5.38 Å². The van der Waals surface area contributed by atoms with Crippen LogP contribution < -0.4 is 10.0 Å². The lowest BCUT2D eigenvalue weighted by molar-refractivity contribution is 0.550. The lowest BCUT2D eigenvalue weighted by Crippen LogP contribution is -2.37. The van der Waals surface area contributed by atoms with Crippen molar-refractivity contribution in [3.05, 3.63) is 16.1 Å².